The molecule has 0 radical (unpaired) electrons. The Morgan fingerprint density at radius 2 is 2.30 bits per heavy atom. The Balaban J connectivity index is 3.36. The molecule has 0 aliphatic carbocycles. The summed E-state index contributed by atoms with van der Waals surface area (Å²) in [6, 6.07) is 0. The lowest BCUT2D eigenvalue weighted by molar-refractivity contribution is 0.873. The second-order valence-corrected chi connectivity index (χ2v) is 2.44. The highest BCUT2D eigenvalue weighted by molar-refractivity contribution is 4.96. The highest BCUT2D eigenvalue weighted by atomic mass is 14.8. The van der Waals surface area contributed by atoms with Crippen molar-refractivity contribution in [1.82, 2.24) is 5.32 Å². The van der Waals surface area contributed by atoms with E-state index < -0.39 is 0 Å². The van der Waals surface area contributed by atoms with Gasteiger partial charge < -0.3 is 5.32 Å². The summed E-state index contributed by atoms with van der Waals surface area (Å²) in [7, 11) is 0. The molecule has 10 heavy (non-hydrogen) atoms. The van der Waals surface area contributed by atoms with E-state index in [2.05, 4.69) is 31.9 Å². The minimum Gasteiger partial charge on any atom is -0.387 e. The van der Waals surface area contributed by atoms with Crippen LogP contribution in [0.5, 0.6) is 0 Å². The van der Waals surface area contributed by atoms with Gasteiger partial charge in [0, 0.05) is 6.54 Å². The van der Waals surface area contributed by atoms with E-state index in [4.69, 9.17) is 0 Å². The number of hydrogen-bond donors (Lipinski definition) is 1. The van der Waals surface area contributed by atoms with Gasteiger partial charge in [-0.1, -0.05) is 25.0 Å². The van der Waals surface area contributed by atoms with Crippen molar-refractivity contribution >= 4 is 0 Å². The third-order valence-electron chi connectivity index (χ3n) is 1.25. The predicted molar refractivity (Wildman–Crippen MR) is 46.9 cm³/mol. The molecular formula is C9H17N. The average Bonchev–Trinajstić information content (AvgIpc) is 1.89. The van der Waals surface area contributed by atoms with E-state index in [9.17, 15) is 0 Å². The first-order chi connectivity index (χ1) is 4.81. The lowest BCUT2D eigenvalue weighted by Crippen LogP contribution is -2.04. The summed E-state index contributed by atoms with van der Waals surface area (Å²) >= 11 is 0. The molecule has 0 bridgehead atoms. The second-order valence-electron chi connectivity index (χ2n) is 2.44. The molecule has 0 rings (SSSR count). The lowest BCUT2D eigenvalue weighted by Gasteiger charge is -1.98. The molecule has 0 aromatic carbocycles. The van der Waals surface area contributed by atoms with E-state index >= 15 is 0 Å². The zero-order valence-corrected chi connectivity index (χ0v) is 6.98. The third kappa shape index (κ3) is 5.42. The molecule has 0 spiro atoms. The van der Waals surface area contributed by atoms with E-state index in [1.165, 1.54) is 18.4 Å². The highest BCUT2D eigenvalue weighted by Gasteiger charge is 1.83. The highest BCUT2D eigenvalue weighted by Crippen LogP contribution is 2.00. The van der Waals surface area contributed by atoms with Gasteiger partial charge in [-0.05, 0) is 19.5 Å². The van der Waals surface area contributed by atoms with E-state index in [-0.39, 0.29) is 0 Å². The van der Waals surface area contributed by atoms with Crippen LogP contribution in [0.2, 0.25) is 0 Å². The summed E-state index contributed by atoms with van der Waals surface area (Å²) in [5, 5.41) is 3.14. The fourth-order valence-electron chi connectivity index (χ4n) is 0.783. The largest absolute Gasteiger partial charge is 0.387 e. The van der Waals surface area contributed by atoms with Crippen LogP contribution in [-0.2, 0) is 0 Å². The van der Waals surface area contributed by atoms with Crippen LogP contribution < -0.4 is 5.32 Å². The number of allylic oxidation sites excluding steroid dienone is 1. The molecule has 0 aliphatic heterocycles. The summed E-state index contributed by atoms with van der Waals surface area (Å²) < 4.78 is 0. The summed E-state index contributed by atoms with van der Waals surface area (Å²) in [5.74, 6) is 0. The topological polar surface area (TPSA) is 12.0 Å². The summed E-state index contributed by atoms with van der Waals surface area (Å²) in [6.07, 6.45) is 6.32. The SMILES string of the molecule is C=CCNC=C(C)CCC. The van der Waals surface area contributed by atoms with Gasteiger partial charge in [-0.2, -0.15) is 0 Å². The Morgan fingerprint density at radius 1 is 1.60 bits per heavy atom. The minimum atomic E-state index is 0.862. The summed E-state index contributed by atoms with van der Waals surface area (Å²) in [5.41, 5.74) is 1.41. The molecule has 0 atom stereocenters. The Kier molecular flexibility index (Phi) is 5.94. The van der Waals surface area contributed by atoms with Crippen LogP contribution >= 0.6 is 0 Å². The minimum absolute atomic E-state index is 0.862. The average molecular weight is 139 g/mol. The molecular weight excluding hydrogens is 122 g/mol. The smallest absolute Gasteiger partial charge is 0.0322 e. The molecule has 1 N–H and O–H groups in total. The Morgan fingerprint density at radius 3 is 2.80 bits per heavy atom. The van der Waals surface area contributed by atoms with Crippen LogP contribution in [0.1, 0.15) is 26.7 Å². The van der Waals surface area contributed by atoms with E-state index in [1.54, 1.807) is 0 Å². The molecule has 0 unspecified atom stereocenters. The number of nitrogens with one attached hydrogen (secondary N) is 1. The zero-order valence-electron chi connectivity index (χ0n) is 6.98. The first-order valence-corrected chi connectivity index (χ1v) is 3.81. The molecule has 0 saturated heterocycles. The van der Waals surface area contributed by atoms with Gasteiger partial charge in [0.25, 0.3) is 0 Å². The van der Waals surface area contributed by atoms with Crippen molar-refractivity contribution in [2.45, 2.75) is 26.7 Å². The molecule has 0 amide bonds. The van der Waals surface area contributed by atoms with Crippen molar-refractivity contribution in [1.29, 1.82) is 0 Å². The van der Waals surface area contributed by atoms with Crippen molar-refractivity contribution in [3.63, 3.8) is 0 Å². The van der Waals surface area contributed by atoms with Gasteiger partial charge in [-0.3, -0.25) is 0 Å². The van der Waals surface area contributed by atoms with Crippen molar-refractivity contribution in [2.75, 3.05) is 6.54 Å². The second kappa shape index (κ2) is 6.40. The van der Waals surface area contributed by atoms with Crippen molar-refractivity contribution in [3.8, 4) is 0 Å². The molecule has 0 aromatic heterocycles. The van der Waals surface area contributed by atoms with Crippen LogP contribution in [0.3, 0.4) is 0 Å². The van der Waals surface area contributed by atoms with E-state index in [0.29, 0.717) is 0 Å². The third-order valence-corrected chi connectivity index (χ3v) is 1.25. The summed E-state index contributed by atoms with van der Waals surface area (Å²) in [4.78, 5) is 0. The number of rotatable bonds is 5. The van der Waals surface area contributed by atoms with Crippen LogP contribution in [0, 0.1) is 0 Å². The molecule has 0 aromatic rings. The normalized spacial score (nSPS) is 11.2. The fraction of sp³-hybridized carbons (Fsp3) is 0.556. The first-order valence-electron chi connectivity index (χ1n) is 3.81. The van der Waals surface area contributed by atoms with Crippen molar-refractivity contribution in [2.24, 2.45) is 0 Å². The monoisotopic (exact) mass is 139 g/mol. The van der Waals surface area contributed by atoms with Gasteiger partial charge in [0.1, 0.15) is 0 Å². The molecule has 0 saturated carbocycles. The standard InChI is InChI=1S/C9H17N/c1-4-6-9(3)8-10-7-5-2/h5,8,10H,2,4,6-7H2,1,3H3. The maximum Gasteiger partial charge on any atom is 0.0322 e. The van der Waals surface area contributed by atoms with Gasteiger partial charge in [0.2, 0.25) is 0 Å². The fourth-order valence-corrected chi connectivity index (χ4v) is 0.783. The van der Waals surface area contributed by atoms with Gasteiger partial charge in [0.15, 0.2) is 0 Å². The van der Waals surface area contributed by atoms with Crippen molar-refractivity contribution < 1.29 is 0 Å². The lowest BCUT2D eigenvalue weighted by atomic mass is 10.2. The van der Waals surface area contributed by atoms with Gasteiger partial charge >= 0.3 is 0 Å². The Bertz CT molecular complexity index is 114. The maximum atomic E-state index is 3.61. The number of hydrogen-bond acceptors (Lipinski definition) is 1. The maximum absolute atomic E-state index is 3.61. The molecule has 0 aliphatic rings. The Labute approximate surface area is 63.8 Å². The molecule has 1 heteroatoms. The van der Waals surface area contributed by atoms with E-state index in [1.807, 2.05) is 6.08 Å². The van der Waals surface area contributed by atoms with Gasteiger partial charge in [-0.25, -0.2) is 0 Å². The quantitative estimate of drug-likeness (QED) is 0.455. The van der Waals surface area contributed by atoms with E-state index in [0.717, 1.165) is 6.54 Å². The Hall–Kier alpha value is -0.720. The van der Waals surface area contributed by atoms with Crippen molar-refractivity contribution in [3.05, 3.63) is 24.4 Å². The van der Waals surface area contributed by atoms with Crippen LogP contribution in [0.15, 0.2) is 24.4 Å². The van der Waals surface area contributed by atoms with Crippen LogP contribution in [0.4, 0.5) is 0 Å². The predicted octanol–water partition coefficient (Wildman–Crippen LogP) is 2.47. The van der Waals surface area contributed by atoms with Gasteiger partial charge in [-0.15, -0.1) is 6.58 Å². The molecule has 0 fully saturated rings. The van der Waals surface area contributed by atoms with Crippen LogP contribution in [-0.4, -0.2) is 6.54 Å². The molecule has 58 valence electrons. The van der Waals surface area contributed by atoms with Crippen LogP contribution in [0.25, 0.3) is 0 Å². The summed E-state index contributed by atoms with van der Waals surface area (Å²) in [6.45, 7) is 8.80. The van der Waals surface area contributed by atoms with Gasteiger partial charge in [0.05, 0.1) is 0 Å². The molecule has 1 nitrogen and oxygen atoms in total. The zero-order chi connectivity index (χ0) is 7.82. The first kappa shape index (κ1) is 9.28. The molecule has 0 heterocycles.